The summed E-state index contributed by atoms with van der Waals surface area (Å²) < 4.78 is 13.5. The van der Waals surface area contributed by atoms with Crippen LogP contribution in [0.3, 0.4) is 0 Å². The van der Waals surface area contributed by atoms with E-state index < -0.39 is 11.8 Å². The van der Waals surface area contributed by atoms with Crippen molar-refractivity contribution in [2.45, 2.75) is 50.4 Å². The third-order valence-electron chi connectivity index (χ3n) is 10.8. The van der Waals surface area contributed by atoms with Gasteiger partial charge in [-0.05, 0) is 60.4 Å². The molecule has 4 aliphatic rings. The van der Waals surface area contributed by atoms with Crippen LogP contribution in [0.25, 0.3) is 0 Å². The SMILES string of the molecule is C[C@@H]1[C@H](CN2CCC3(CC2)C(=O)NCN3c2ccccc2)O[C@H](c2cccc(N3C(=O)c4ccccc4C3=O)c2)O[C@@H]1c1ccc(CO)cc1. The number of amides is 3. The van der Waals surface area contributed by atoms with Crippen molar-refractivity contribution in [2.24, 2.45) is 5.92 Å². The van der Waals surface area contributed by atoms with Crippen LogP contribution in [0.4, 0.5) is 11.4 Å². The average molecular weight is 673 g/mol. The van der Waals surface area contributed by atoms with Crippen molar-refractivity contribution in [1.82, 2.24) is 10.2 Å². The monoisotopic (exact) mass is 672 g/mol. The Labute approximate surface area is 291 Å². The molecule has 0 bridgehead atoms. The second-order valence-corrected chi connectivity index (χ2v) is 13.7. The lowest BCUT2D eigenvalue weighted by molar-refractivity contribution is -0.276. The zero-order chi connectivity index (χ0) is 34.4. The molecule has 50 heavy (non-hydrogen) atoms. The summed E-state index contributed by atoms with van der Waals surface area (Å²) in [5.41, 5.74) is 4.19. The summed E-state index contributed by atoms with van der Waals surface area (Å²) in [7, 11) is 0. The Kier molecular flexibility index (Phi) is 8.48. The van der Waals surface area contributed by atoms with Gasteiger partial charge in [0.25, 0.3) is 11.8 Å². The Balaban J connectivity index is 1.04. The quantitative estimate of drug-likeness (QED) is 0.258. The molecule has 0 unspecified atom stereocenters. The number of likely N-dealkylation sites (tertiary alicyclic amines) is 1. The number of rotatable bonds is 7. The van der Waals surface area contributed by atoms with E-state index in [1.165, 1.54) is 4.90 Å². The number of aliphatic hydroxyl groups is 1. The fraction of sp³-hybridized carbons (Fsp3) is 0.325. The number of hydrogen-bond donors (Lipinski definition) is 2. The van der Waals surface area contributed by atoms with E-state index in [1.54, 1.807) is 36.4 Å². The highest BCUT2D eigenvalue weighted by atomic mass is 16.7. The number of anilines is 2. The van der Waals surface area contributed by atoms with Crippen LogP contribution >= 0.6 is 0 Å². The lowest BCUT2D eigenvalue weighted by atomic mass is 9.84. The Hall–Kier alpha value is -4.87. The van der Waals surface area contributed by atoms with Crippen LogP contribution in [0.1, 0.15) is 69.6 Å². The molecule has 3 saturated heterocycles. The van der Waals surface area contributed by atoms with Crippen LogP contribution in [0.2, 0.25) is 0 Å². The number of nitrogens with one attached hydrogen (secondary N) is 1. The average Bonchev–Trinajstić information content (AvgIpc) is 3.61. The number of carbonyl (C=O) groups is 3. The Morgan fingerprint density at radius 3 is 2.12 bits per heavy atom. The van der Waals surface area contributed by atoms with E-state index >= 15 is 0 Å². The van der Waals surface area contributed by atoms with Gasteiger partial charge >= 0.3 is 0 Å². The van der Waals surface area contributed by atoms with Crippen molar-refractivity contribution in [2.75, 3.05) is 36.1 Å². The number of benzene rings is 4. The number of hydrogen-bond acceptors (Lipinski definition) is 8. The molecule has 10 heteroatoms. The van der Waals surface area contributed by atoms with Gasteiger partial charge in [-0.15, -0.1) is 0 Å². The molecular formula is C40H40N4O6. The molecule has 1 spiro atoms. The van der Waals surface area contributed by atoms with Crippen LogP contribution in [0, 0.1) is 5.92 Å². The van der Waals surface area contributed by atoms with E-state index in [0.29, 0.717) is 48.4 Å². The maximum absolute atomic E-state index is 13.3. The van der Waals surface area contributed by atoms with Gasteiger partial charge in [-0.3, -0.25) is 14.4 Å². The van der Waals surface area contributed by atoms with E-state index in [1.807, 2.05) is 54.6 Å². The molecule has 4 aromatic rings. The van der Waals surface area contributed by atoms with Gasteiger partial charge < -0.3 is 29.7 Å². The van der Waals surface area contributed by atoms with Gasteiger partial charge in [0, 0.05) is 36.8 Å². The van der Waals surface area contributed by atoms with Crippen LogP contribution in [0.5, 0.6) is 0 Å². The minimum Gasteiger partial charge on any atom is -0.392 e. The van der Waals surface area contributed by atoms with Gasteiger partial charge in [0.1, 0.15) is 5.54 Å². The van der Waals surface area contributed by atoms with Gasteiger partial charge in [0.05, 0.1) is 42.3 Å². The van der Waals surface area contributed by atoms with Gasteiger partial charge in [-0.2, -0.15) is 0 Å². The number of aliphatic hydroxyl groups excluding tert-OH is 1. The predicted octanol–water partition coefficient (Wildman–Crippen LogP) is 5.20. The number of fused-ring (bicyclic) bond motifs is 1. The Morgan fingerprint density at radius 1 is 0.780 bits per heavy atom. The third-order valence-corrected chi connectivity index (χ3v) is 10.8. The van der Waals surface area contributed by atoms with Crippen LogP contribution in [-0.4, -0.2) is 65.7 Å². The molecule has 2 N–H and O–H groups in total. The van der Waals surface area contributed by atoms with E-state index in [9.17, 15) is 19.5 Å². The molecule has 3 fully saturated rings. The summed E-state index contributed by atoms with van der Waals surface area (Å²) >= 11 is 0. The molecule has 256 valence electrons. The molecule has 4 aromatic carbocycles. The van der Waals surface area contributed by atoms with Crippen molar-refractivity contribution in [1.29, 1.82) is 0 Å². The van der Waals surface area contributed by atoms with E-state index in [0.717, 1.165) is 29.9 Å². The standard InChI is InChI=1S/C40H40N4O6/c1-26-34(23-42-20-18-40(19-21-42)39(48)41-25-43(40)30-9-3-2-4-10-30)49-38(50-35(26)28-16-14-27(24-45)15-17-28)29-8-7-11-31(22-29)44-36(46)32-12-5-6-13-33(32)37(44)47/h2-17,22,26,34-35,38,45H,18-21,23-25H2,1H3,(H,41,48)/t26-,34+,35+,38+/m1/s1. The van der Waals surface area contributed by atoms with Gasteiger partial charge in [-0.1, -0.05) is 73.7 Å². The van der Waals surface area contributed by atoms with Crippen molar-refractivity contribution in [3.8, 4) is 0 Å². The fourth-order valence-electron chi connectivity index (χ4n) is 7.95. The van der Waals surface area contributed by atoms with Crippen LogP contribution < -0.4 is 15.1 Å². The van der Waals surface area contributed by atoms with Gasteiger partial charge in [-0.25, -0.2) is 4.90 Å². The molecule has 10 nitrogen and oxygen atoms in total. The lowest BCUT2D eigenvalue weighted by Crippen LogP contribution is -2.57. The largest absolute Gasteiger partial charge is 0.392 e. The second kappa shape index (κ2) is 13.1. The third kappa shape index (κ3) is 5.58. The van der Waals surface area contributed by atoms with Crippen LogP contribution in [0.15, 0.2) is 103 Å². The number of imide groups is 1. The second-order valence-electron chi connectivity index (χ2n) is 13.7. The number of para-hydroxylation sites is 1. The first kappa shape index (κ1) is 32.3. The number of carbonyl (C=O) groups excluding carboxylic acids is 3. The molecule has 4 atom stereocenters. The topological polar surface area (TPSA) is 112 Å². The van der Waals surface area contributed by atoms with Gasteiger partial charge in [0.2, 0.25) is 5.91 Å². The normalized spacial score (nSPS) is 24.9. The molecule has 3 amide bonds. The van der Waals surface area contributed by atoms with Crippen molar-refractivity contribution in [3.05, 3.63) is 131 Å². The maximum atomic E-state index is 13.3. The maximum Gasteiger partial charge on any atom is 0.266 e. The molecule has 4 heterocycles. The summed E-state index contributed by atoms with van der Waals surface area (Å²) in [4.78, 5) is 45.7. The first-order valence-electron chi connectivity index (χ1n) is 17.3. The Morgan fingerprint density at radius 2 is 1.44 bits per heavy atom. The summed E-state index contributed by atoms with van der Waals surface area (Å²) in [6, 6.07) is 32.0. The molecule has 4 aliphatic heterocycles. The fourth-order valence-corrected chi connectivity index (χ4v) is 7.95. The minimum absolute atomic E-state index is 0.0304. The highest BCUT2D eigenvalue weighted by molar-refractivity contribution is 6.34. The van der Waals surface area contributed by atoms with E-state index in [-0.39, 0.29) is 42.5 Å². The number of piperidine rings is 1. The molecule has 0 saturated carbocycles. The molecule has 8 rings (SSSR count). The zero-order valence-electron chi connectivity index (χ0n) is 27.9. The Bertz CT molecular complexity index is 1870. The summed E-state index contributed by atoms with van der Waals surface area (Å²) in [5.74, 6) is -0.657. The summed E-state index contributed by atoms with van der Waals surface area (Å²) in [6.45, 7) is 4.71. The number of ether oxygens (including phenoxy) is 2. The van der Waals surface area contributed by atoms with E-state index in [2.05, 4.69) is 34.2 Å². The molecule has 0 aromatic heterocycles. The van der Waals surface area contributed by atoms with Crippen molar-refractivity contribution in [3.63, 3.8) is 0 Å². The first-order chi connectivity index (χ1) is 24.4. The number of nitrogens with zero attached hydrogens (tertiary/aromatic N) is 3. The highest BCUT2D eigenvalue weighted by Gasteiger charge is 2.51. The molecule has 0 radical (unpaired) electrons. The molecule has 0 aliphatic carbocycles. The van der Waals surface area contributed by atoms with E-state index in [4.69, 9.17) is 9.47 Å². The van der Waals surface area contributed by atoms with Gasteiger partial charge in [0.15, 0.2) is 6.29 Å². The zero-order valence-corrected chi connectivity index (χ0v) is 27.9. The highest BCUT2D eigenvalue weighted by Crippen LogP contribution is 2.44. The minimum atomic E-state index is -0.765. The van der Waals surface area contributed by atoms with Crippen molar-refractivity contribution >= 4 is 29.1 Å². The lowest BCUT2D eigenvalue weighted by Gasteiger charge is -2.46. The summed E-state index contributed by atoms with van der Waals surface area (Å²) in [5, 5.41) is 12.7. The summed E-state index contributed by atoms with van der Waals surface area (Å²) in [6.07, 6.45) is 0.0848. The van der Waals surface area contributed by atoms with Crippen molar-refractivity contribution < 1.29 is 29.0 Å². The molecular weight excluding hydrogens is 632 g/mol. The smallest absolute Gasteiger partial charge is 0.266 e. The first-order valence-corrected chi connectivity index (χ1v) is 17.3. The van der Waals surface area contributed by atoms with Crippen LogP contribution in [-0.2, 0) is 20.9 Å². The predicted molar refractivity (Wildman–Crippen MR) is 187 cm³/mol.